The van der Waals surface area contributed by atoms with Crippen molar-refractivity contribution in [3.8, 4) is 11.5 Å². The molecule has 0 saturated heterocycles. The summed E-state index contributed by atoms with van der Waals surface area (Å²) in [7, 11) is 0. The SMILES string of the molecule is CCOC(=O)C1=C(C)N=c2s/c(=C/c3ccccc3OCc3ccccc3F)c(=O)n2[C@@H]1c1ccccc1OC(C)C. The molecule has 42 heavy (non-hydrogen) atoms. The van der Waals surface area contributed by atoms with E-state index in [0.717, 1.165) is 0 Å². The molecular weight excluding hydrogens is 555 g/mol. The van der Waals surface area contributed by atoms with Crippen molar-refractivity contribution in [1.82, 2.24) is 4.57 Å². The number of rotatable bonds is 9. The molecule has 0 unspecified atom stereocenters. The number of thiazole rings is 1. The maximum atomic E-state index is 14.2. The zero-order valence-corrected chi connectivity index (χ0v) is 24.6. The lowest BCUT2D eigenvalue weighted by Gasteiger charge is -2.26. The van der Waals surface area contributed by atoms with Crippen LogP contribution in [0.1, 0.15) is 50.4 Å². The van der Waals surface area contributed by atoms with Gasteiger partial charge in [-0.2, -0.15) is 0 Å². The first-order chi connectivity index (χ1) is 20.3. The highest BCUT2D eigenvalue weighted by atomic mass is 32.1. The van der Waals surface area contributed by atoms with E-state index < -0.39 is 12.0 Å². The summed E-state index contributed by atoms with van der Waals surface area (Å²) in [5, 5.41) is 0. The fraction of sp³-hybridized carbons (Fsp3) is 0.242. The second kappa shape index (κ2) is 12.6. The van der Waals surface area contributed by atoms with Crippen molar-refractivity contribution in [2.24, 2.45) is 4.99 Å². The van der Waals surface area contributed by atoms with E-state index in [1.165, 1.54) is 22.0 Å². The van der Waals surface area contributed by atoms with Crippen LogP contribution in [0.5, 0.6) is 11.5 Å². The summed E-state index contributed by atoms with van der Waals surface area (Å²) in [5.74, 6) is 0.180. The molecule has 0 fully saturated rings. The summed E-state index contributed by atoms with van der Waals surface area (Å²) in [6.45, 7) is 7.53. The van der Waals surface area contributed by atoms with Crippen LogP contribution in [-0.4, -0.2) is 23.2 Å². The Bertz CT molecular complexity index is 1840. The van der Waals surface area contributed by atoms with Gasteiger partial charge in [-0.3, -0.25) is 9.36 Å². The van der Waals surface area contributed by atoms with Gasteiger partial charge in [0.05, 0.1) is 28.5 Å². The Kier molecular flexibility index (Phi) is 8.68. The number of esters is 1. The third-order valence-corrected chi connectivity index (χ3v) is 7.62. The predicted octanol–water partition coefficient (Wildman–Crippen LogP) is 5.30. The van der Waals surface area contributed by atoms with Crippen LogP contribution in [0.15, 0.2) is 93.9 Å². The number of para-hydroxylation sites is 2. The summed E-state index contributed by atoms with van der Waals surface area (Å²) < 4.78 is 33.6. The molecule has 1 aromatic heterocycles. The van der Waals surface area contributed by atoms with E-state index in [1.54, 1.807) is 44.2 Å². The molecule has 9 heteroatoms. The minimum absolute atomic E-state index is 0.0352. The minimum Gasteiger partial charge on any atom is -0.491 e. The molecule has 2 heterocycles. The lowest BCUT2D eigenvalue weighted by Crippen LogP contribution is -2.40. The maximum absolute atomic E-state index is 14.2. The molecule has 4 aromatic rings. The zero-order valence-electron chi connectivity index (χ0n) is 23.8. The third kappa shape index (κ3) is 5.92. The molecule has 0 N–H and O–H groups in total. The van der Waals surface area contributed by atoms with Crippen molar-refractivity contribution in [3.63, 3.8) is 0 Å². The van der Waals surface area contributed by atoms with Crippen LogP contribution < -0.4 is 24.4 Å². The van der Waals surface area contributed by atoms with Crippen molar-refractivity contribution >= 4 is 23.4 Å². The fourth-order valence-corrected chi connectivity index (χ4v) is 5.83. The summed E-state index contributed by atoms with van der Waals surface area (Å²) in [6, 6.07) is 20.3. The monoisotopic (exact) mass is 586 g/mol. The molecule has 1 aliphatic rings. The average Bonchev–Trinajstić information content (AvgIpc) is 3.26. The zero-order chi connectivity index (χ0) is 29.8. The summed E-state index contributed by atoms with van der Waals surface area (Å²) in [4.78, 5) is 32.4. The van der Waals surface area contributed by atoms with Gasteiger partial charge in [0.15, 0.2) is 4.80 Å². The molecule has 0 saturated carbocycles. The van der Waals surface area contributed by atoms with E-state index in [-0.39, 0.29) is 36.3 Å². The smallest absolute Gasteiger partial charge is 0.338 e. The van der Waals surface area contributed by atoms with Crippen molar-refractivity contribution in [3.05, 3.63) is 126 Å². The first kappa shape index (κ1) is 29.0. The first-order valence-corrected chi connectivity index (χ1v) is 14.5. The first-order valence-electron chi connectivity index (χ1n) is 13.7. The second-order valence-electron chi connectivity index (χ2n) is 9.92. The van der Waals surface area contributed by atoms with Gasteiger partial charge in [0.25, 0.3) is 5.56 Å². The second-order valence-corrected chi connectivity index (χ2v) is 10.9. The number of ether oxygens (including phenoxy) is 3. The molecular formula is C33H31FN2O5S. The largest absolute Gasteiger partial charge is 0.491 e. The number of hydrogen-bond acceptors (Lipinski definition) is 7. The van der Waals surface area contributed by atoms with Gasteiger partial charge in [0.1, 0.15) is 30.0 Å². The fourth-order valence-electron chi connectivity index (χ4n) is 4.80. The Morgan fingerprint density at radius 3 is 2.48 bits per heavy atom. The van der Waals surface area contributed by atoms with Gasteiger partial charge in [-0.15, -0.1) is 0 Å². The van der Waals surface area contributed by atoms with E-state index in [0.29, 0.717) is 43.2 Å². The van der Waals surface area contributed by atoms with Gasteiger partial charge in [-0.1, -0.05) is 65.9 Å². The number of fused-ring (bicyclic) bond motifs is 1. The van der Waals surface area contributed by atoms with E-state index >= 15 is 0 Å². The number of halogens is 1. The highest BCUT2D eigenvalue weighted by Gasteiger charge is 2.35. The van der Waals surface area contributed by atoms with Crippen LogP contribution in [-0.2, 0) is 16.1 Å². The molecule has 5 rings (SSSR count). The van der Waals surface area contributed by atoms with Crippen molar-refractivity contribution in [1.29, 1.82) is 0 Å². The van der Waals surface area contributed by atoms with Gasteiger partial charge in [0, 0.05) is 16.7 Å². The Morgan fingerprint density at radius 2 is 1.74 bits per heavy atom. The highest BCUT2D eigenvalue weighted by molar-refractivity contribution is 7.07. The lowest BCUT2D eigenvalue weighted by atomic mass is 9.95. The molecule has 3 aromatic carbocycles. The van der Waals surface area contributed by atoms with Crippen LogP contribution in [0.3, 0.4) is 0 Å². The van der Waals surface area contributed by atoms with E-state index in [1.807, 2.05) is 56.3 Å². The Morgan fingerprint density at radius 1 is 1.05 bits per heavy atom. The number of benzene rings is 3. The normalized spacial score (nSPS) is 14.9. The lowest BCUT2D eigenvalue weighted by molar-refractivity contribution is -0.139. The molecule has 0 radical (unpaired) electrons. The number of aromatic nitrogens is 1. The Balaban J connectivity index is 1.63. The van der Waals surface area contributed by atoms with Crippen LogP contribution in [0.2, 0.25) is 0 Å². The molecule has 1 aliphatic heterocycles. The summed E-state index contributed by atoms with van der Waals surface area (Å²) >= 11 is 1.22. The van der Waals surface area contributed by atoms with Crippen molar-refractivity contribution < 1.29 is 23.4 Å². The van der Waals surface area contributed by atoms with Gasteiger partial charge in [0.2, 0.25) is 0 Å². The van der Waals surface area contributed by atoms with Crippen molar-refractivity contribution in [2.75, 3.05) is 6.61 Å². The van der Waals surface area contributed by atoms with Gasteiger partial charge >= 0.3 is 5.97 Å². The number of hydrogen-bond donors (Lipinski definition) is 0. The molecule has 1 atom stereocenters. The van der Waals surface area contributed by atoms with E-state index in [9.17, 15) is 14.0 Å². The summed E-state index contributed by atoms with van der Waals surface area (Å²) in [6.07, 6.45) is 1.61. The van der Waals surface area contributed by atoms with Gasteiger partial charge in [-0.05, 0) is 52.0 Å². The van der Waals surface area contributed by atoms with E-state index in [2.05, 4.69) is 4.99 Å². The molecule has 0 amide bonds. The van der Waals surface area contributed by atoms with Crippen LogP contribution in [0.4, 0.5) is 4.39 Å². The third-order valence-electron chi connectivity index (χ3n) is 6.64. The maximum Gasteiger partial charge on any atom is 0.338 e. The Labute approximate surface area is 246 Å². The van der Waals surface area contributed by atoms with Crippen molar-refractivity contribution in [2.45, 2.75) is 46.4 Å². The number of nitrogens with zero attached hydrogens (tertiary/aromatic N) is 2. The topological polar surface area (TPSA) is 79.1 Å². The number of allylic oxidation sites excluding steroid dienone is 1. The predicted molar refractivity (Wildman–Crippen MR) is 160 cm³/mol. The minimum atomic E-state index is -0.801. The molecule has 216 valence electrons. The van der Waals surface area contributed by atoms with Crippen LogP contribution in [0.25, 0.3) is 6.08 Å². The van der Waals surface area contributed by atoms with Gasteiger partial charge in [-0.25, -0.2) is 14.2 Å². The molecule has 0 spiro atoms. The average molecular weight is 587 g/mol. The van der Waals surface area contributed by atoms with Gasteiger partial charge < -0.3 is 14.2 Å². The van der Waals surface area contributed by atoms with E-state index in [4.69, 9.17) is 14.2 Å². The Hall–Kier alpha value is -4.50. The standard InChI is InChI=1S/C33H31FN2O5S/c1-5-39-32(38)29-21(4)35-33-36(30(29)24-14-8-11-17-27(24)41-20(2)3)31(37)28(42-33)18-22-12-7-10-16-26(22)40-19-23-13-6-9-15-25(23)34/h6-18,20,30H,5,19H2,1-4H3/b28-18+/t30-/m1/s1. The van der Waals surface area contributed by atoms with Crippen LogP contribution in [0, 0.1) is 5.82 Å². The number of carbonyl (C=O) groups is 1. The highest BCUT2D eigenvalue weighted by Crippen LogP contribution is 2.36. The molecule has 7 nitrogen and oxygen atoms in total. The number of carbonyl (C=O) groups excluding carboxylic acids is 1. The molecule has 0 aliphatic carbocycles. The van der Waals surface area contributed by atoms with Crippen LogP contribution >= 0.6 is 11.3 Å². The summed E-state index contributed by atoms with van der Waals surface area (Å²) in [5.41, 5.74) is 2.17. The molecule has 0 bridgehead atoms. The quantitative estimate of drug-likeness (QED) is 0.249.